The topological polar surface area (TPSA) is 117 Å². The van der Waals surface area contributed by atoms with Crippen molar-refractivity contribution in [2.24, 2.45) is 0 Å². The lowest BCUT2D eigenvalue weighted by Gasteiger charge is -2.16. The molecule has 1 aromatic heterocycles. The molecule has 128 valence electrons. The molecule has 1 fully saturated rings. The first-order valence-electron chi connectivity index (χ1n) is 7.06. The van der Waals surface area contributed by atoms with E-state index in [1.807, 2.05) is 4.72 Å². The fourth-order valence-electron chi connectivity index (χ4n) is 2.29. The fraction of sp³-hybridized carbons (Fsp3) is 0.667. The minimum atomic E-state index is -3.84. The number of nitrogens with zero attached hydrogens (tertiary/aromatic N) is 4. The van der Waals surface area contributed by atoms with Crippen molar-refractivity contribution in [1.82, 2.24) is 19.7 Å². The molecule has 2 N–H and O–H groups in total. The maximum atomic E-state index is 12.2. The van der Waals surface area contributed by atoms with Gasteiger partial charge in [0.25, 0.3) is 0 Å². The highest BCUT2D eigenvalue weighted by Gasteiger charge is 2.37. The first-order valence-corrected chi connectivity index (χ1v) is 9.04. The van der Waals surface area contributed by atoms with Crippen molar-refractivity contribution in [3.05, 3.63) is 5.82 Å². The summed E-state index contributed by atoms with van der Waals surface area (Å²) in [5, 5.41) is 1.05. The van der Waals surface area contributed by atoms with Gasteiger partial charge in [0.15, 0.2) is 0 Å². The molecule has 2 amide bonds. The van der Waals surface area contributed by atoms with E-state index < -0.39 is 26.7 Å². The summed E-state index contributed by atoms with van der Waals surface area (Å²) in [6.07, 6.45) is 1.78. The number of hydrogen-bond donors (Lipinski definition) is 2. The van der Waals surface area contributed by atoms with Crippen molar-refractivity contribution in [3.63, 3.8) is 0 Å². The van der Waals surface area contributed by atoms with Crippen LogP contribution in [0.5, 0.6) is 0 Å². The Morgan fingerprint density at radius 3 is 2.52 bits per heavy atom. The molecule has 1 aliphatic carbocycles. The summed E-state index contributed by atoms with van der Waals surface area (Å²) in [6, 6.07) is -0.920. The minimum Gasteiger partial charge on any atom is -0.347 e. The Bertz CT molecular complexity index is 696. The van der Waals surface area contributed by atoms with Crippen molar-refractivity contribution in [2.45, 2.75) is 36.8 Å². The highest BCUT2D eigenvalue weighted by atomic mass is 35.5. The molecule has 0 aliphatic heterocycles. The van der Waals surface area contributed by atoms with Crippen LogP contribution in [0.4, 0.5) is 16.7 Å². The number of urea groups is 1. The average molecular weight is 363 g/mol. The lowest BCUT2D eigenvalue weighted by atomic mass is 10.4. The standard InChI is InChI=1S/C12H19ClN6O3S/c1-7-14-10(16-11(15-7)19(2)3)17-12(20)18-23(21,22)9-6-4-5-8(9)13/h8-9H,4-6H2,1-3H3,(H2,14,15,16,17,18,20). The second-order valence-electron chi connectivity index (χ2n) is 5.49. The Kier molecular flexibility index (Phi) is 5.25. The van der Waals surface area contributed by atoms with Crippen LogP contribution in [-0.2, 0) is 10.0 Å². The highest BCUT2D eigenvalue weighted by Crippen LogP contribution is 2.29. The molecular formula is C12H19ClN6O3S. The number of rotatable bonds is 4. The third-order valence-corrected chi connectivity index (χ3v) is 5.87. The first-order chi connectivity index (χ1) is 10.7. The van der Waals surface area contributed by atoms with E-state index in [2.05, 4.69) is 20.3 Å². The van der Waals surface area contributed by atoms with Gasteiger partial charge < -0.3 is 4.90 Å². The number of nitrogens with one attached hydrogen (secondary N) is 2. The van der Waals surface area contributed by atoms with E-state index in [9.17, 15) is 13.2 Å². The molecule has 23 heavy (non-hydrogen) atoms. The number of aryl methyl sites for hydroxylation is 1. The van der Waals surface area contributed by atoms with Crippen LogP contribution in [0.15, 0.2) is 0 Å². The molecule has 0 saturated heterocycles. The largest absolute Gasteiger partial charge is 0.347 e. The summed E-state index contributed by atoms with van der Waals surface area (Å²) >= 11 is 5.99. The molecular weight excluding hydrogens is 344 g/mol. The number of amides is 2. The van der Waals surface area contributed by atoms with Gasteiger partial charge in [0.05, 0.1) is 10.6 Å². The molecule has 11 heteroatoms. The van der Waals surface area contributed by atoms with Crippen LogP contribution in [0.1, 0.15) is 25.1 Å². The number of carbonyl (C=O) groups is 1. The van der Waals surface area contributed by atoms with Crippen LogP contribution >= 0.6 is 11.6 Å². The van der Waals surface area contributed by atoms with Crippen molar-refractivity contribution in [1.29, 1.82) is 0 Å². The summed E-state index contributed by atoms with van der Waals surface area (Å²) in [5.41, 5.74) is 0. The van der Waals surface area contributed by atoms with E-state index in [4.69, 9.17) is 11.6 Å². The van der Waals surface area contributed by atoms with Crippen molar-refractivity contribution in [2.75, 3.05) is 24.3 Å². The molecule has 9 nitrogen and oxygen atoms in total. The third-order valence-electron chi connectivity index (χ3n) is 3.37. The Morgan fingerprint density at radius 1 is 1.26 bits per heavy atom. The van der Waals surface area contributed by atoms with Crippen molar-refractivity contribution in [3.8, 4) is 0 Å². The minimum absolute atomic E-state index is 0.0252. The highest BCUT2D eigenvalue weighted by molar-refractivity contribution is 7.90. The molecule has 0 bridgehead atoms. The molecule has 2 unspecified atom stereocenters. The van der Waals surface area contributed by atoms with Crippen LogP contribution in [0.2, 0.25) is 0 Å². The summed E-state index contributed by atoms with van der Waals surface area (Å²) in [7, 11) is -0.361. The maximum absolute atomic E-state index is 12.2. The van der Waals surface area contributed by atoms with Crippen LogP contribution < -0.4 is 14.9 Å². The second kappa shape index (κ2) is 6.83. The number of aromatic nitrogens is 3. The maximum Gasteiger partial charge on any atom is 0.335 e. The smallest absolute Gasteiger partial charge is 0.335 e. The van der Waals surface area contributed by atoms with E-state index in [-0.39, 0.29) is 5.95 Å². The van der Waals surface area contributed by atoms with Gasteiger partial charge in [-0.1, -0.05) is 6.42 Å². The van der Waals surface area contributed by atoms with Gasteiger partial charge in [0.2, 0.25) is 21.9 Å². The Morgan fingerprint density at radius 2 is 1.96 bits per heavy atom. The fourth-order valence-corrected chi connectivity index (χ4v) is 4.44. The van der Waals surface area contributed by atoms with Gasteiger partial charge in [-0.05, 0) is 19.8 Å². The molecule has 0 spiro atoms. The van der Waals surface area contributed by atoms with E-state index >= 15 is 0 Å². The number of halogens is 1. The quantitative estimate of drug-likeness (QED) is 0.762. The molecule has 1 aromatic rings. The van der Waals surface area contributed by atoms with Gasteiger partial charge in [0.1, 0.15) is 5.82 Å². The zero-order valence-electron chi connectivity index (χ0n) is 13.1. The monoisotopic (exact) mass is 362 g/mol. The number of anilines is 2. The van der Waals surface area contributed by atoms with E-state index in [1.165, 1.54) is 0 Å². The van der Waals surface area contributed by atoms with Crippen LogP contribution in [0, 0.1) is 6.92 Å². The van der Waals surface area contributed by atoms with Gasteiger partial charge in [-0.2, -0.15) is 15.0 Å². The van der Waals surface area contributed by atoms with Gasteiger partial charge in [-0.25, -0.2) is 17.9 Å². The van der Waals surface area contributed by atoms with Crippen LogP contribution in [-0.4, -0.2) is 54.1 Å². The molecule has 2 atom stereocenters. The normalized spacial score (nSPS) is 21.0. The Hall–Kier alpha value is -1.68. The lowest BCUT2D eigenvalue weighted by molar-refractivity contribution is 0.256. The van der Waals surface area contributed by atoms with E-state index in [0.29, 0.717) is 24.6 Å². The predicted molar refractivity (Wildman–Crippen MR) is 87.2 cm³/mol. The predicted octanol–water partition coefficient (Wildman–Crippen LogP) is 0.857. The molecule has 1 saturated carbocycles. The molecule has 1 aliphatic rings. The average Bonchev–Trinajstić information content (AvgIpc) is 2.84. The lowest BCUT2D eigenvalue weighted by Crippen LogP contribution is -2.42. The third kappa shape index (κ3) is 4.41. The van der Waals surface area contributed by atoms with Gasteiger partial charge in [-0.3, -0.25) is 5.32 Å². The molecule has 0 radical (unpaired) electrons. The molecule has 2 rings (SSSR count). The van der Waals surface area contributed by atoms with Crippen LogP contribution in [0.3, 0.4) is 0 Å². The van der Waals surface area contributed by atoms with Gasteiger partial charge in [0, 0.05) is 14.1 Å². The summed E-state index contributed by atoms with van der Waals surface area (Å²) in [6.45, 7) is 1.64. The SMILES string of the molecule is Cc1nc(NC(=O)NS(=O)(=O)C2CCCC2Cl)nc(N(C)C)n1. The Labute approximate surface area is 139 Å². The summed E-state index contributed by atoms with van der Waals surface area (Å²) in [5.74, 6) is 0.730. The van der Waals surface area contributed by atoms with Gasteiger partial charge >= 0.3 is 6.03 Å². The summed E-state index contributed by atoms with van der Waals surface area (Å²) in [4.78, 5) is 25.6. The zero-order chi connectivity index (χ0) is 17.2. The zero-order valence-corrected chi connectivity index (χ0v) is 14.6. The number of alkyl halides is 1. The van der Waals surface area contributed by atoms with Gasteiger partial charge in [-0.15, -0.1) is 11.6 Å². The molecule has 1 heterocycles. The summed E-state index contributed by atoms with van der Waals surface area (Å²) < 4.78 is 26.3. The number of hydrogen-bond acceptors (Lipinski definition) is 7. The van der Waals surface area contributed by atoms with Crippen LogP contribution in [0.25, 0.3) is 0 Å². The Balaban J connectivity index is 2.08. The van der Waals surface area contributed by atoms with E-state index in [0.717, 1.165) is 6.42 Å². The van der Waals surface area contributed by atoms with E-state index in [1.54, 1.807) is 25.9 Å². The number of sulfonamides is 1. The van der Waals surface area contributed by atoms with Crippen molar-refractivity contribution < 1.29 is 13.2 Å². The van der Waals surface area contributed by atoms with Crippen molar-refractivity contribution >= 4 is 39.6 Å². The number of carbonyl (C=O) groups excluding carboxylic acids is 1. The first kappa shape index (κ1) is 17.7. The second-order valence-corrected chi connectivity index (χ2v) is 7.95. The molecule has 0 aromatic carbocycles.